The molecule has 6 nitrogen and oxygen atoms in total. The predicted octanol–water partition coefficient (Wildman–Crippen LogP) is 3.33. The molecule has 3 aromatic heterocycles. The molecule has 0 spiro atoms. The Morgan fingerprint density at radius 3 is 2.84 bits per heavy atom. The zero-order valence-electron chi connectivity index (χ0n) is 14.7. The zero-order valence-corrected chi connectivity index (χ0v) is 15.5. The Morgan fingerprint density at radius 1 is 1.36 bits per heavy atom. The first-order chi connectivity index (χ1) is 12.1. The van der Waals surface area contributed by atoms with Crippen LogP contribution in [0.5, 0.6) is 0 Å². The monoisotopic (exact) mass is 358 g/mol. The smallest absolute Gasteiger partial charge is 0.259 e. The molecule has 3 heterocycles. The van der Waals surface area contributed by atoms with E-state index in [-0.39, 0.29) is 5.91 Å². The molecule has 0 saturated heterocycles. The van der Waals surface area contributed by atoms with Gasteiger partial charge in [0, 0.05) is 13.1 Å². The summed E-state index contributed by atoms with van der Waals surface area (Å²) in [5.41, 5.74) is 2.37. The molecule has 0 aliphatic rings. The van der Waals surface area contributed by atoms with Gasteiger partial charge in [-0.2, -0.15) is 0 Å². The van der Waals surface area contributed by atoms with Crippen LogP contribution >= 0.6 is 11.3 Å². The van der Waals surface area contributed by atoms with Gasteiger partial charge in [0.15, 0.2) is 0 Å². The Bertz CT molecular complexity index is 853. The van der Waals surface area contributed by atoms with Crippen molar-refractivity contribution in [2.45, 2.75) is 20.8 Å². The molecule has 3 rings (SSSR count). The second-order valence-corrected chi connectivity index (χ2v) is 6.71. The molecule has 0 saturated carbocycles. The average Bonchev–Trinajstić information content (AvgIpc) is 3.28. The number of carbonyl (C=O) groups excluding carboxylic acids is 1. The second kappa shape index (κ2) is 7.76. The third-order valence-electron chi connectivity index (χ3n) is 4.24. The van der Waals surface area contributed by atoms with E-state index in [0.717, 1.165) is 30.2 Å². The Hall–Kier alpha value is -2.25. The topological polar surface area (TPSA) is 71.3 Å². The summed E-state index contributed by atoms with van der Waals surface area (Å²) in [6.45, 7) is 9.43. The maximum atomic E-state index is 12.8. The van der Waals surface area contributed by atoms with Gasteiger partial charge in [-0.15, -0.1) is 11.3 Å². The SMILES string of the molecule is CCN(CC)CCNC(=O)c1cc(-c2cccs2)nc2onc(C)c12. The standard InChI is InChI=1S/C18H22N4O2S/c1-4-22(5-2)9-8-19-17(23)13-11-14(15-7-6-10-25-15)20-18-16(13)12(3)21-24-18/h6-7,10-11H,4-5,8-9H2,1-3H3,(H,19,23). The van der Waals surface area contributed by atoms with Crippen molar-refractivity contribution >= 4 is 28.3 Å². The lowest BCUT2D eigenvalue weighted by atomic mass is 10.1. The Labute approximate surface area is 150 Å². The molecule has 0 fully saturated rings. The van der Waals surface area contributed by atoms with Gasteiger partial charge in [-0.05, 0) is 37.5 Å². The van der Waals surface area contributed by atoms with E-state index < -0.39 is 0 Å². The first kappa shape index (κ1) is 17.6. The van der Waals surface area contributed by atoms with Gasteiger partial charge in [-0.25, -0.2) is 4.98 Å². The molecular formula is C18H22N4O2S. The van der Waals surface area contributed by atoms with Crippen LogP contribution in [0.3, 0.4) is 0 Å². The lowest BCUT2D eigenvalue weighted by Gasteiger charge is -2.18. The molecule has 1 N–H and O–H groups in total. The fourth-order valence-corrected chi connectivity index (χ4v) is 3.47. The van der Waals surface area contributed by atoms with Gasteiger partial charge < -0.3 is 14.7 Å². The molecule has 3 aromatic rings. The number of nitrogens with zero attached hydrogens (tertiary/aromatic N) is 3. The first-order valence-electron chi connectivity index (χ1n) is 8.45. The summed E-state index contributed by atoms with van der Waals surface area (Å²) in [5.74, 6) is -0.122. The summed E-state index contributed by atoms with van der Waals surface area (Å²) in [4.78, 5) is 20.5. The van der Waals surface area contributed by atoms with Gasteiger partial charge in [0.05, 0.1) is 27.2 Å². The van der Waals surface area contributed by atoms with Crippen molar-refractivity contribution in [3.05, 3.63) is 34.8 Å². The Balaban J connectivity index is 1.88. The molecule has 0 bridgehead atoms. The molecule has 0 atom stereocenters. The zero-order chi connectivity index (χ0) is 17.8. The Morgan fingerprint density at radius 2 is 2.16 bits per heavy atom. The van der Waals surface area contributed by atoms with Gasteiger partial charge >= 0.3 is 0 Å². The average molecular weight is 358 g/mol. The van der Waals surface area contributed by atoms with E-state index in [4.69, 9.17) is 4.52 Å². The largest absolute Gasteiger partial charge is 0.351 e. The number of carbonyl (C=O) groups is 1. The molecule has 0 unspecified atom stereocenters. The molecule has 7 heteroatoms. The number of likely N-dealkylation sites (N-methyl/N-ethyl adjacent to an activating group) is 1. The highest BCUT2D eigenvalue weighted by Gasteiger charge is 2.19. The fourth-order valence-electron chi connectivity index (χ4n) is 2.79. The summed E-state index contributed by atoms with van der Waals surface area (Å²) >= 11 is 1.58. The minimum atomic E-state index is -0.122. The number of fused-ring (bicyclic) bond motifs is 1. The minimum Gasteiger partial charge on any atom is -0.351 e. The van der Waals surface area contributed by atoms with Crippen LogP contribution in [0, 0.1) is 6.92 Å². The molecule has 0 aromatic carbocycles. The van der Waals surface area contributed by atoms with E-state index in [2.05, 4.69) is 34.2 Å². The maximum absolute atomic E-state index is 12.8. The molecule has 0 aliphatic heterocycles. The van der Waals surface area contributed by atoms with Crippen LogP contribution in [0.4, 0.5) is 0 Å². The second-order valence-electron chi connectivity index (χ2n) is 5.76. The number of hydrogen-bond acceptors (Lipinski definition) is 6. The quantitative estimate of drug-likeness (QED) is 0.701. The summed E-state index contributed by atoms with van der Waals surface area (Å²) in [7, 11) is 0. The number of rotatable bonds is 7. The Kier molecular flexibility index (Phi) is 5.45. The highest BCUT2D eigenvalue weighted by molar-refractivity contribution is 7.13. The van der Waals surface area contributed by atoms with Crippen molar-refractivity contribution in [2.75, 3.05) is 26.2 Å². The van der Waals surface area contributed by atoms with Gasteiger partial charge in [0.1, 0.15) is 0 Å². The van der Waals surface area contributed by atoms with Gasteiger partial charge in [-0.1, -0.05) is 25.1 Å². The van der Waals surface area contributed by atoms with Gasteiger partial charge in [-0.3, -0.25) is 4.79 Å². The van der Waals surface area contributed by atoms with E-state index in [1.165, 1.54) is 0 Å². The van der Waals surface area contributed by atoms with E-state index in [0.29, 0.717) is 28.9 Å². The molecule has 25 heavy (non-hydrogen) atoms. The fraction of sp³-hybridized carbons (Fsp3) is 0.389. The van der Waals surface area contributed by atoms with Crippen molar-refractivity contribution in [3.8, 4) is 10.6 Å². The van der Waals surface area contributed by atoms with E-state index in [9.17, 15) is 4.79 Å². The van der Waals surface area contributed by atoms with Gasteiger partial charge in [0.2, 0.25) is 0 Å². The predicted molar refractivity (Wildman–Crippen MR) is 100.0 cm³/mol. The first-order valence-corrected chi connectivity index (χ1v) is 9.33. The highest BCUT2D eigenvalue weighted by atomic mass is 32.1. The normalized spacial score (nSPS) is 11.4. The third kappa shape index (κ3) is 3.72. The van der Waals surface area contributed by atoms with Crippen LogP contribution in [-0.2, 0) is 0 Å². The number of amides is 1. The summed E-state index contributed by atoms with van der Waals surface area (Å²) in [6, 6.07) is 5.76. The molecule has 1 amide bonds. The van der Waals surface area contributed by atoms with Crippen LogP contribution in [0.2, 0.25) is 0 Å². The third-order valence-corrected chi connectivity index (χ3v) is 5.14. The number of thiophene rings is 1. The minimum absolute atomic E-state index is 0.122. The lowest BCUT2D eigenvalue weighted by molar-refractivity contribution is 0.0950. The lowest BCUT2D eigenvalue weighted by Crippen LogP contribution is -2.34. The number of hydrogen-bond donors (Lipinski definition) is 1. The van der Waals surface area contributed by atoms with Crippen LogP contribution < -0.4 is 5.32 Å². The molecule has 0 aliphatic carbocycles. The maximum Gasteiger partial charge on any atom is 0.259 e. The van der Waals surface area contributed by atoms with Crippen LogP contribution in [-0.4, -0.2) is 47.1 Å². The van der Waals surface area contributed by atoms with Crippen LogP contribution in [0.15, 0.2) is 28.1 Å². The number of nitrogens with one attached hydrogen (secondary N) is 1. The summed E-state index contributed by atoms with van der Waals surface area (Å²) in [5, 5.41) is 9.64. The molecule has 0 radical (unpaired) electrons. The number of aromatic nitrogens is 2. The van der Waals surface area contributed by atoms with E-state index >= 15 is 0 Å². The van der Waals surface area contributed by atoms with Crippen molar-refractivity contribution in [2.24, 2.45) is 0 Å². The number of aryl methyl sites for hydroxylation is 1. The molecular weight excluding hydrogens is 336 g/mol. The van der Waals surface area contributed by atoms with Crippen LogP contribution in [0.25, 0.3) is 21.7 Å². The van der Waals surface area contributed by atoms with Crippen molar-refractivity contribution in [1.29, 1.82) is 0 Å². The van der Waals surface area contributed by atoms with Gasteiger partial charge in [0.25, 0.3) is 11.6 Å². The van der Waals surface area contributed by atoms with E-state index in [1.807, 2.05) is 30.5 Å². The van der Waals surface area contributed by atoms with Crippen molar-refractivity contribution in [1.82, 2.24) is 20.4 Å². The van der Waals surface area contributed by atoms with Crippen LogP contribution in [0.1, 0.15) is 29.9 Å². The highest BCUT2D eigenvalue weighted by Crippen LogP contribution is 2.29. The van der Waals surface area contributed by atoms with Crippen molar-refractivity contribution < 1.29 is 9.32 Å². The summed E-state index contributed by atoms with van der Waals surface area (Å²) in [6.07, 6.45) is 0. The van der Waals surface area contributed by atoms with Crippen molar-refractivity contribution in [3.63, 3.8) is 0 Å². The molecule has 132 valence electrons. The van der Waals surface area contributed by atoms with E-state index in [1.54, 1.807) is 11.3 Å². The summed E-state index contributed by atoms with van der Waals surface area (Å²) < 4.78 is 5.31. The number of pyridine rings is 1.